The zero-order valence-electron chi connectivity index (χ0n) is 41.1. The highest BCUT2D eigenvalue weighted by molar-refractivity contribution is 7.04. The van der Waals surface area contributed by atoms with E-state index in [1.54, 1.807) is 0 Å². The van der Waals surface area contributed by atoms with Gasteiger partial charge >= 0.3 is 0 Å². The Labute approximate surface area is 429 Å². The Balaban J connectivity index is 0.934. The van der Waals surface area contributed by atoms with Crippen molar-refractivity contribution in [2.75, 3.05) is 0 Å². The average Bonchev–Trinajstić information content (AvgIpc) is 3.95. The fourth-order valence-corrected chi connectivity index (χ4v) is 16.8. The second kappa shape index (κ2) is 15.5. The fourth-order valence-electron chi connectivity index (χ4n) is 13.7. The number of hydrogen-bond donors (Lipinski definition) is 0. The standard InChI is InChI=1S/C72H47NSi/c1-74(2)67-39-37-45(41-63(67)64-42-60-49-24-8-6-22-47(49)48-23-7-9-25-50(48)61(60)43-68(64)74)70-54-29-12-16-33-58(54)72(59-34-17-13-30-55(59)70)71-56-31-14-10-27-52(56)69(53-28-11-15-32-57(53)71)44-36-38-66-62(40-44)51-26-18-19-35-65(51)73(66)46-20-4-3-5-21-46/h3-43H,1-2H3. The molecule has 0 saturated carbocycles. The highest BCUT2D eigenvalue weighted by atomic mass is 28.3. The van der Waals surface area contributed by atoms with Gasteiger partial charge in [0.1, 0.15) is 8.07 Å². The second-order valence-electron chi connectivity index (χ2n) is 21.0. The highest BCUT2D eigenvalue weighted by Crippen LogP contribution is 2.51. The van der Waals surface area contributed by atoms with Crippen LogP contribution < -0.4 is 10.4 Å². The lowest BCUT2D eigenvalue weighted by Gasteiger charge is -2.23. The molecular weight excluding hydrogens is 907 g/mol. The summed E-state index contributed by atoms with van der Waals surface area (Å²) in [5.74, 6) is 0. The van der Waals surface area contributed by atoms with Crippen LogP contribution in [0.2, 0.25) is 13.1 Å². The molecule has 0 radical (unpaired) electrons. The average molecular weight is 954 g/mol. The molecule has 74 heavy (non-hydrogen) atoms. The molecule has 0 amide bonds. The van der Waals surface area contributed by atoms with Crippen molar-refractivity contribution in [3.05, 3.63) is 249 Å². The van der Waals surface area contributed by atoms with Crippen molar-refractivity contribution in [3.8, 4) is 50.2 Å². The van der Waals surface area contributed by atoms with Gasteiger partial charge in [-0.3, -0.25) is 0 Å². The first-order valence-corrected chi connectivity index (χ1v) is 29.0. The summed E-state index contributed by atoms with van der Waals surface area (Å²) in [4.78, 5) is 0. The van der Waals surface area contributed by atoms with Gasteiger partial charge in [-0.05, 0) is 173 Å². The minimum absolute atomic E-state index is 1.17. The summed E-state index contributed by atoms with van der Waals surface area (Å²) < 4.78 is 2.41. The molecule has 344 valence electrons. The van der Waals surface area contributed by atoms with E-state index in [9.17, 15) is 0 Å². The Kier molecular flexibility index (Phi) is 8.68. The highest BCUT2D eigenvalue weighted by Gasteiger charge is 2.38. The summed E-state index contributed by atoms with van der Waals surface area (Å²) in [6.45, 7) is 5.10. The maximum atomic E-state index is 2.58. The Hall–Kier alpha value is -9.08. The fraction of sp³-hybridized carbons (Fsp3) is 0.0278. The molecule has 0 spiro atoms. The number of aromatic nitrogens is 1. The van der Waals surface area contributed by atoms with Gasteiger partial charge in [0.25, 0.3) is 0 Å². The van der Waals surface area contributed by atoms with Crippen molar-refractivity contribution in [1.82, 2.24) is 4.57 Å². The maximum absolute atomic E-state index is 2.58. The number of hydrogen-bond acceptors (Lipinski definition) is 0. The van der Waals surface area contributed by atoms with Gasteiger partial charge in [-0.15, -0.1) is 0 Å². The van der Waals surface area contributed by atoms with Crippen LogP contribution in [-0.2, 0) is 0 Å². The van der Waals surface area contributed by atoms with E-state index in [1.165, 1.54) is 158 Å². The molecule has 1 nitrogen and oxygen atoms in total. The monoisotopic (exact) mass is 953 g/mol. The van der Waals surface area contributed by atoms with Crippen LogP contribution in [0.3, 0.4) is 0 Å². The molecule has 0 unspecified atom stereocenters. The van der Waals surface area contributed by atoms with Gasteiger partial charge in [0.05, 0.1) is 11.0 Å². The van der Waals surface area contributed by atoms with Gasteiger partial charge in [-0.2, -0.15) is 0 Å². The lowest BCUT2D eigenvalue weighted by atomic mass is 9.81. The number of nitrogens with zero attached hydrogens (tertiary/aromatic N) is 1. The molecule has 14 aromatic carbocycles. The molecule has 0 fully saturated rings. The SMILES string of the molecule is C[Si]1(C)c2ccc(-c3c4ccccc4c(-c4c5ccccc5c(-c5ccc6c(c5)c5ccccc5n6-c5ccccc5)c5ccccc45)c4ccccc34)cc2-c2cc3c4ccccc4c4ccccc4c3cc21. The number of benzene rings is 14. The first kappa shape index (κ1) is 41.5. The van der Waals surface area contributed by atoms with E-state index in [0.29, 0.717) is 0 Å². The van der Waals surface area contributed by atoms with Crippen LogP contribution in [0.5, 0.6) is 0 Å². The predicted molar refractivity (Wildman–Crippen MR) is 322 cm³/mol. The molecule has 0 aliphatic carbocycles. The van der Waals surface area contributed by atoms with Crippen molar-refractivity contribution in [1.29, 1.82) is 0 Å². The molecular formula is C72H47NSi. The first-order valence-electron chi connectivity index (χ1n) is 26.0. The quantitative estimate of drug-likeness (QED) is 0.0941. The smallest absolute Gasteiger partial charge is 0.113 e. The summed E-state index contributed by atoms with van der Waals surface area (Å²) in [7, 11) is -2.06. The minimum Gasteiger partial charge on any atom is -0.309 e. The Morgan fingerprint density at radius 1 is 0.243 bits per heavy atom. The van der Waals surface area contributed by atoms with Crippen LogP contribution in [0.1, 0.15) is 0 Å². The van der Waals surface area contributed by atoms with E-state index in [1.807, 2.05) is 0 Å². The first-order chi connectivity index (χ1) is 36.5. The van der Waals surface area contributed by atoms with Gasteiger partial charge in [-0.25, -0.2) is 0 Å². The van der Waals surface area contributed by atoms with Crippen molar-refractivity contribution < 1.29 is 0 Å². The zero-order valence-corrected chi connectivity index (χ0v) is 42.1. The summed E-state index contributed by atoms with van der Waals surface area (Å²) in [5.41, 5.74) is 14.0. The van der Waals surface area contributed by atoms with E-state index < -0.39 is 8.07 Å². The number of para-hydroxylation sites is 2. The normalized spacial score (nSPS) is 13.1. The Bertz CT molecular complexity index is 4810. The van der Waals surface area contributed by atoms with E-state index in [4.69, 9.17) is 0 Å². The third kappa shape index (κ3) is 5.69. The topological polar surface area (TPSA) is 4.93 Å². The van der Waals surface area contributed by atoms with E-state index in [2.05, 4.69) is 266 Å². The van der Waals surface area contributed by atoms with Gasteiger partial charge < -0.3 is 4.57 Å². The molecule has 1 aliphatic rings. The largest absolute Gasteiger partial charge is 0.309 e. The number of fused-ring (bicyclic) bond motifs is 16. The molecule has 1 aliphatic heterocycles. The van der Waals surface area contributed by atoms with Crippen LogP contribution in [0.15, 0.2) is 249 Å². The van der Waals surface area contributed by atoms with Crippen LogP contribution in [-0.4, -0.2) is 12.6 Å². The molecule has 2 heterocycles. The second-order valence-corrected chi connectivity index (χ2v) is 25.3. The Morgan fingerprint density at radius 2 is 0.608 bits per heavy atom. The third-order valence-electron chi connectivity index (χ3n) is 16.9. The molecule has 0 saturated heterocycles. The molecule has 0 N–H and O–H groups in total. The van der Waals surface area contributed by atoms with Gasteiger partial charge in [-0.1, -0.05) is 219 Å². The summed E-state index contributed by atoms with van der Waals surface area (Å²) in [5, 5.41) is 23.6. The summed E-state index contributed by atoms with van der Waals surface area (Å²) in [6.07, 6.45) is 0. The maximum Gasteiger partial charge on any atom is 0.113 e. The lowest BCUT2D eigenvalue weighted by molar-refractivity contribution is 1.18. The molecule has 16 rings (SSSR count). The molecule has 1 aromatic heterocycles. The number of rotatable bonds is 4. The summed E-state index contributed by atoms with van der Waals surface area (Å²) in [6, 6.07) is 94.0. The molecule has 0 atom stereocenters. The van der Waals surface area contributed by atoms with Crippen LogP contribution in [0.4, 0.5) is 0 Å². The van der Waals surface area contributed by atoms with E-state index in [0.717, 1.165) is 0 Å². The van der Waals surface area contributed by atoms with Crippen molar-refractivity contribution in [2.24, 2.45) is 0 Å². The minimum atomic E-state index is -2.06. The van der Waals surface area contributed by atoms with Gasteiger partial charge in [0.2, 0.25) is 0 Å². The van der Waals surface area contributed by atoms with Gasteiger partial charge in [0, 0.05) is 16.5 Å². The van der Waals surface area contributed by atoms with Crippen molar-refractivity contribution in [3.63, 3.8) is 0 Å². The molecule has 0 bridgehead atoms. The zero-order chi connectivity index (χ0) is 48.8. The van der Waals surface area contributed by atoms with E-state index in [-0.39, 0.29) is 0 Å². The van der Waals surface area contributed by atoms with E-state index >= 15 is 0 Å². The predicted octanol–water partition coefficient (Wildman–Crippen LogP) is 18.7. The van der Waals surface area contributed by atoms with Crippen LogP contribution in [0, 0.1) is 0 Å². The Morgan fingerprint density at radius 3 is 1.12 bits per heavy atom. The van der Waals surface area contributed by atoms with Gasteiger partial charge in [0.15, 0.2) is 0 Å². The molecule has 15 aromatic rings. The van der Waals surface area contributed by atoms with Crippen LogP contribution >= 0.6 is 0 Å². The molecule has 2 heteroatoms. The van der Waals surface area contributed by atoms with Crippen molar-refractivity contribution in [2.45, 2.75) is 13.1 Å². The lowest BCUT2D eigenvalue weighted by Crippen LogP contribution is -2.49. The third-order valence-corrected chi connectivity index (χ3v) is 20.5. The van der Waals surface area contributed by atoms with Crippen LogP contribution in [0.25, 0.3) is 147 Å². The van der Waals surface area contributed by atoms with Crippen molar-refractivity contribution >= 4 is 116 Å². The summed E-state index contributed by atoms with van der Waals surface area (Å²) >= 11 is 0.